The molecule has 3 nitrogen and oxygen atoms in total. The van der Waals surface area contributed by atoms with E-state index in [9.17, 15) is 0 Å². The zero-order chi connectivity index (χ0) is 11.7. The molecule has 0 bridgehead atoms. The first-order valence-electron chi connectivity index (χ1n) is 6.56. The number of rotatable bonds is 3. The fraction of sp³-hybridized carbons (Fsp3) is 0.500. The van der Waals surface area contributed by atoms with Crippen LogP contribution in [0.3, 0.4) is 0 Å². The highest BCUT2D eigenvalue weighted by Crippen LogP contribution is 2.37. The normalized spacial score (nSPS) is 17.0. The van der Waals surface area contributed by atoms with Gasteiger partial charge in [-0.2, -0.15) is 5.10 Å². The van der Waals surface area contributed by atoms with E-state index in [-0.39, 0.29) is 0 Å². The molecule has 0 atom stereocenters. The predicted octanol–water partition coefficient (Wildman–Crippen LogP) is 2.72. The van der Waals surface area contributed by atoms with Crippen molar-refractivity contribution in [3.05, 3.63) is 29.5 Å². The summed E-state index contributed by atoms with van der Waals surface area (Å²) in [7, 11) is 0. The molecular weight excluding hydrogens is 210 g/mol. The number of fused-ring (bicyclic) bond motifs is 1. The average molecular weight is 229 g/mol. The number of aromatic amines is 1. The molecule has 0 amide bonds. The average Bonchev–Trinajstić information content (AvgIpc) is 2.98. The molecule has 3 heteroatoms. The molecule has 1 fully saturated rings. The quantitative estimate of drug-likeness (QED) is 0.850. The molecule has 1 aliphatic rings. The topological polar surface area (TPSA) is 54.7 Å². The number of benzene rings is 1. The Labute approximate surface area is 101 Å². The van der Waals surface area contributed by atoms with E-state index in [1.165, 1.54) is 42.3 Å². The lowest BCUT2D eigenvalue weighted by Crippen LogP contribution is -2.04. The minimum absolute atomic E-state index is 0.680. The van der Waals surface area contributed by atoms with Gasteiger partial charge in [-0.1, -0.05) is 25.0 Å². The van der Waals surface area contributed by atoms with Crippen molar-refractivity contribution in [1.82, 2.24) is 10.2 Å². The molecule has 1 aromatic carbocycles. The SMILES string of the molecule is NCCc1cccc2n[nH]c(C3CCCC3)c12. The van der Waals surface area contributed by atoms with Gasteiger partial charge >= 0.3 is 0 Å². The number of H-pyrrole nitrogens is 1. The molecule has 1 aromatic heterocycles. The lowest BCUT2D eigenvalue weighted by Gasteiger charge is -2.09. The van der Waals surface area contributed by atoms with E-state index in [1.807, 2.05) is 0 Å². The van der Waals surface area contributed by atoms with Crippen LogP contribution in [0.15, 0.2) is 18.2 Å². The largest absolute Gasteiger partial charge is 0.330 e. The molecule has 90 valence electrons. The first kappa shape index (κ1) is 10.8. The Morgan fingerprint density at radius 3 is 2.88 bits per heavy atom. The minimum atomic E-state index is 0.680. The van der Waals surface area contributed by atoms with Gasteiger partial charge in [0.05, 0.1) is 5.52 Å². The molecular formula is C14H19N3. The first-order chi connectivity index (χ1) is 8.40. The summed E-state index contributed by atoms with van der Waals surface area (Å²) >= 11 is 0. The molecule has 0 saturated heterocycles. The third-order valence-corrected chi connectivity index (χ3v) is 3.87. The summed E-state index contributed by atoms with van der Waals surface area (Å²) in [6.45, 7) is 0.703. The number of nitrogens with one attached hydrogen (secondary N) is 1. The summed E-state index contributed by atoms with van der Waals surface area (Å²) in [4.78, 5) is 0. The summed E-state index contributed by atoms with van der Waals surface area (Å²) in [6.07, 6.45) is 6.24. The predicted molar refractivity (Wildman–Crippen MR) is 70.1 cm³/mol. The van der Waals surface area contributed by atoms with Crippen molar-refractivity contribution < 1.29 is 0 Å². The van der Waals surface area contributed by atoms with Gasteiger partial charge in [-0.3, -0.25) is 5.10 Å². The Bertz CT molecular complexity index is 509. The lowest BCUT2D eigenvalue weighted by molar-refractivity contribution is 0.697. The molecule has 0 unspecified atom stereocenters. The van der Waals surface area contributed by atoms with E-state index in [0.717, 1.165) is 11.9 Å². The summed E-state index contributed by atoms with van der Waals surface area (Å²) in [6, 6.07) is 6.35. The zero-order valence-electron chi connectivity index (χ0n) is 10.1. The van der Waals surface area contributed by atoms with Crippen LogP contribution in [0, 0.1) is 0 Å². The van der Waals surface area contributed by atoms with Crippen LogP contribution in [0.2, 0.25) is 0 Å². The monoisotopic (exact) mass is 229 g/mol. The maximum Gasteiger partial charge on any atom is 0.0926 e. The number of aromatic nitrogens is 2. The Balaban J connectivity index is 2.11. The second kappa shape index (κ2) is 4.49. The maximum absolute atomic E-state index is 5.69. The third-order valence-electron chi connectivity index (χ3n) is 3.87. The molecule has 0 radical (unpaired) electrons. The summed E-state index contributed by atoms with van der Waals surface area (Å²) in [5.74, 6) is 0.680. The molecule has 2 aromatic rings. The van der Waals surface area contributed by atoms with Gasteiger partial charge in [0.15, 0.2) is 0 Å². The number of nitrogens with two attached hydrogens (primary N) is 1. The highest BCUT2D eigenvalue weighted by Gasteiger charge is 2.22. The van der Waals surface area contributed by atoms with Crippen LogP contribution in [-0.2, 0) is 6.42 Å². The van der Waals surface area contributed by atoms with Crippen molar-refractivity contribution >= 4 is 10.9 Å². The van der Waals surface area contributed by atoms with Gasteiger partial charge in [0, 0.05) is 17.0 Å². The summed E-state index contributed by atoms with van der Waals surface area (Å²) in [5.41, 5.74) is 9.48. The van der Waals surface area contributed by atoms with E-state index in [4.69, 9.17) is 5.73 Å². The molecule has 1 heterocycles. The third kappa shape index (κ3) is 1.84. The molecule has 1 aliphatic carbocycles. The van der Waals surface area contributed by atoms with Crippen LogP contribution in [0.1, 0.15) is 42.9 Å². The van der Waals surface area contributed by atoms with Crippen LogP contribution >= 0.6 is 0 Å². The Morgan fingerprint density at radius 1 is 1.29 bits per heavy atom. The maximum atomic E-state index is 5.69. The van der Waals surface area contributed by atoms with Crippen molar-refractivity contribution in [2.45, 2.75) is 38.0 Å². The highest BCUT2D eigenvalue weighted by molar-refractivity contribution is 5.85. The van der Waals surface area contributed by atoms with Crippen molar-refractivity contribution in [2.75, 3.05) is 6.54 Å². The van der Waals surface area contributed by atoms with Crippen LogP contribution in [0.4, 0.5) is 0 Å². The highest BCUT2D eigenvalue weighted by atomic mass is 15.1. The van der Waals surface area contributed by atoms with Gasteiger partial charge in [0.2, 0.25) is 0 Å². The van der Waals surface area contributed by atoms with Gasteiger partial charge in [0.25, 0.3) is 0 Å². The molecule has 17 heavy (non-hydrogen) atoms. The minimum Gasteiger partial charge on any atom is -0.330 e. The zero-order valence-corrected chi connectivity index (χ0v) is 10.1. The Kier molecular flexibility index (Phi) is 2.85. The van der Waals surface area contributed by atoms with Gasteiger partial charge in [0.1, 0.15) is 0 Å². The van der Waals surface area contributed by atoms with Crippen LogP contribution in [0.25, 0.3) is 10.9 Å². The van der Waals surface area contributed by atoms with Crippen LogP contribution < -0.4 is 5.73 Å². The fourth-order valence-electron chi connectivity index (χ4n) is 3.04. The smallest absolute Gasteiger partial charge is 0.0926 e. The van der Waals surface area contributed by atoms with E-state index < -0.39 is 0 Å². The molecule has 3 rings (SSSR count). The second-order valence-corrected chi connectivity index (χ2v) is 4.97. The summed E-state index contributed by atoms with van der Waals surface area (Å²) in [5, 5.41) is 9.04. The molecule has 0 spiro atoms. The number of hydrogen-bond donors (Lipinski definition) is 2. The van der Waals surface area contributed by atoms with Gasteiger partial charge < -0.3 is 5.73 Å². The van der Waals surface area contributed by atoms with Crippen molar-refractivity contribution in [3.8, 4) is 0 Å². The second-order valence-electron chi connectivity index (χ2n) is 4.97. The van der Waals surface area contributed by atoms with E-state index in [2.05, 4.69) is 28.4 Å². The van der Waals surface area contributed by atoms with E-state index >= 15 is 0 Å². The lowest BCUT2D eigenvalue weighted by atomic mass is 9.96. The Morgan fingerprint density at radius 2 is 2.12 bits per heavy atom. The van der Waals surface area contributed by atoms with E-state index in [1.54, 1.807) is 0 Å². The van der Waals surface area contributed by atoms with Crippen molar-refractivity contribution in [2.24, 2.45) is 5.73 Å². The van der Waals surface area contributed by atoms with Gasteiger partial charge in [-0.15, -0.1) is 0 Å². The van der Waals surface area contributed by atoms with E-state index in [0.29, 0.717) is 12.5 Å². The van der Waals surface area contributed by atoms with Crippen LogP contribution in [-0.4, -0.2) is 16.7 Å². The summed E-state index contributed by atoms with van der Waals surface area (Å²) < 4.78 is 0. The van der Waals surface area contributed by atoms with Crippen molar-refractivity contribution in [3.63, 3.8) is 0 Å². The Hall–Kier alpha value is -1.35. The molecule has 1 saturated carbocycles. The number of hydrogen-bond acceptors (Lipinski definition) is 2. The standard InChI is InChI=1S/C14H19N3/c15-9-8-10-6-3-7-12-13(10)14(17-16-12)11-4-1-2-5-11/h3,6-7,11H,1-2,4-5,8-9,15H2,(H,16,17). The molecule has 0 aliphatic heterocycles. The van der Waals surface area contributed by atoms with Crippen LogP contribution in [0.5, 0.6) is 0 Å². The van der Waals surface area contributed by atoms with Gasteiger partial charge in [-0.25, -0.2) is 0 Å². The number of nitrogens with zero attached hydrogens (tertiary/aromatic N) is 1. The van der Waals surface area contributed by atoms with Gasteiger partial charge in [-0.05, 0) is 37.4 Å². The fourth-order valence-corrected chi connectivity index (χ4v) is 3.04. The van der Waals surface area contributed by atoms with Crippen molar-refractivity contribution in [1.29, 1.82) is 0 Å². The first-order valence-corrected chi connectivity index (χ1v) is 6.56. The molecule has 3 N–H and O–H groups in total.